The van der Waals surface area contributed by atoms with Crippen molar-refractivity contribution < 1.29 is 19.0 Å². The molecule has 32 heavy (non-hydrogen) atoms. The molecule has 0 unspecified atom stereocenters. The highest BCUT2D eigenvalue weighted by Crippen LogP contribution is 2.34. The van der Waals surface area contributed by atoms with Gasteiger partial charge in [0.2, 0.25) is 0 Å². The Kier molecular flexibility index (Phi) is 6.03. The van der Waals surface area contributed by atoms with Crippen LogP contribution >= 0.6 is 0 Å². The zero-order valence-corrected chi connectivity index (χ0v) is 18.8. The molecule has 0 radical (unpaired) electrons. The summed E-state index contributed by atoms with van der Waals surface area (Å²) in [6.07, 6.45) is 5.42. The van der Waals surface area contributed by atoms with E-state index >= 15 is 0 Å². The van der Waals surface area contributed by atoms with Crippen LogP contribution in [-0.4, -0.2) is 40.0 Å². The quantitative estimate of drug-likeness (QED) is 0.560. The van der Waals surface area contributed by atoms with Crippen molar-refractivity contribution in [2.45, 2.75) is 39.2 Å². The van der Waals surface area contributed by atoms with Crippen molar-refractivity contribution in [3.05, 3.63) is 54.6 Å². The molecule has 2 aromatic carbocycles. The van der Waals surface area contributed by atoms with Crippen LogP contribution in [-0.2, 0) is 0 Å². The first kappa shape index (κ1) is 21.7. The molecule has 1 N–H and O–H groups in total. The van der Waals surface area contributed by atoms with E-state index in [1.165, 1.54) is 19.2 Å². The highest BCUT2D eigenvalue weighted by atomic mass is 16.5. The minimum absolute atomic E-state index is 0.286. The predicted molar refractivity (Wildman–Crippen MR) is 121 cm³/mol. The largest absolute Gasteiger partial charge is 0.493 e. The Morgan fingerprint density at radius 3 is 2.62 bits per heavy atom. The minimum Gasteiger partial charge on any atom is -0.493 e. The van der Waals surface area contributed by atoms with Gasteiger partial charge in [-0.25, -0.2) is 9.67 Å². The van der Waals surface area contributed by atoms with E-state index in [0.717, 1.165) is 0 Å². The third-order valence-corrected chi connectivity index (χ3v) is 4.90. The molecule has 8 nitrogen and oxygen atoms in total. The standard InChI is InChI=1S/C24H28N4O4/c1-24(2,3)32-18-8-9-20(28-15-25-14-26-28)19(12-18)27-23(29)17-7-10-21(22(11-17)30-4)31-13-16-5-6-16/h7-12,14-16H,5-6,13H2,1-4H3,(H,27,29). The highest BCUT2D eigenvalue weighted by Gasteiger charge is 2.23. The Hall–Kier alpha value is -3.55. The number of benzene rings is 2. The number of hydrogen-bond acceptors (Lipinski definition) is 6. The van der Waals surface area contributed by atoms with Crippen molar-refractivity contribution >= 4 is 11.6 Å². The summed E-state index contributed by atoms with van der Waals surface area (Å²) in [4.78, 5) is 17.1. The normalized spacial score (nSPS) is 13.5. The summed E-state index contributed by atoms with van der Waals surface area (Å²) in [5.41, 5.74) is 1.30. The van der Waals surface area contributed by atoms with Crippen LogP contribution in [0.5, 0.6) is 17.2 Å². The van der Waals surface area contributed by atoms with Crippen LogP contribution in [0.1, 0.15) is 44.0 Å². The molecule has 0 bridgehead atoms. The molecular formula is C24H28N4O4. The molecule has 1 amide bonds. The number of nitrogens with zero attached hydrogens (tertiary/aromatic N) is 3. The smallest absolute Gasteiger partial charge is 0.255 e. The third kappa shape index (κ3) is 5.38. The summed E-state index contributed by atoms with van der Waals surface area (Å²) in [5.74, 6) is 2.14. The molecule has 1 aromatic heterocycles. The van der Waals surface area contributed by atoms with Crippen molar-refractivity contribution in [2.75, 3.05) is 19.0 Å². The average Bonchev–Trinajstić information content (AvgIpc) is 3.42. The van der Waals surface area contributed by atoms with Gasteiger partial charge < -0.3 is 19.5 Å². The lowest BCUT2D eigenvalue weighted by molar-refractivity contribution is 0.102. The van der Waals surface area contributed by atoms with Crippen LogP contribution in [0, 0.1) is 5.92 Å². The Labute approximate surface area is 187 Å². The molecule has 1 aliphatic carbocycles. The van der Waals surface area contributed by atoms with E-state index < -0.39 is 0 Å². The van der Waals surface area contributed by atoms with Gasteiger partial charge in [0.05, 0.1) is 25.1 Å². The zero-order valence-electron chi connectivity index (χ0n) is 18.8. The predicted octanol–water partition coefficient (Wildman–Crippen LogP) is 4.49. The van der Waals surface area contributed by atoms with Crippen molar-refractivity contribution in [1.82, 2.24) is 14.8 Å². The minimum atomic E-state index is -0.375. The number of amides is 1. The molecule has 1 aliphatic rings. The van der Waals surface area contributed by atoms with Crippen LogP contribution in [0.4, 0.5) is 5.69 Å². The Balaban J connectivity index is 1.59. The molecule has 168 valence electrons. The molecule has 0 aliphatic heterocycles. The van der Waals surface area contributed by atoms with Gasteiger partial charge in [0, 0.05) is 11.6 Å². The second-order valence-electron chi connectivity index (χ2n) is 8.81. The summed E-state index contributed by atoms with van der Waals surface area (Å²) in [6.45, 7) is 6.57. The number of ether oxygens (including phenoxy) is 3. The molecule has 0 atom stereocenters. The van der Waals surface area contributed by atoms with Crippen molar-refractivity contribution in [2.24, 2.45) is 5.92 Å². The van der Waals surface area contributed by atoms with Crippen LogP contribution in [0.3, 0.4) is 0 Å². The van der Waals surface area contributed by atoms with E-state index in [0.29, 0.717) is 46.7 Å². The Bertz CT molecular complexity index is 1090. The van der Waals surface area contributed by atoms with E-state index in [4.69, 9.17) is 14.2 Å². The number of anilines is 1. The summed E-state index contributed by atoms with van der Waals surface area (Å²) < 4.78 is 18.9. The SMILES string of the molecule is COc1cc(C(=O)Nc2cc(OC(C)(C)C)ccc2-n2cncn2)ccc1OCC1CC1. The van der Waals surface area contributed by atoms with E-state index in [-0.39, 0.29) is 11.5 Å². The lowest BCUT2D eigenvalue weighted by Crippen LogP contribution is -2.23. The molecule has 3 aromatic rings. The average molecular weight is 437 g/mol. The Morgan fingerprint density at radius 2 is 1.97 bits per heavy atom. The number of nitrogens with one attached hydrogen (secondary N) is 1. The van der Waals surface area contributed by atoms with Gasteiger partial charge in [0.15, 0.2) is 11.5 Å². The van der Waals surface area contributed by atoms with Gasteiger partial charge >= 0.3 is 0 Å². The molecule has 1 heterocycles. The number of rotatable bonds is 8. The van der Waals surface area contributed by atoms with Gasteiger partial charge in [-0.05, 0) is 69.9 Å². The molecule has 1 fully saturated rings. The van der Waals surface area contributed by atoms with Gasteiger partial charge in [-0.3, -0.25) is 4.79 Å². The van der Waals surface area contributed by atoms with Crippen LogP contribution in [0.15, 0.2) is 49.1 Å². The first-order chi connectivity index (χ1) is 15.3. The fourth-order valence-electron chi connectivity index (χ4n) is 3.18. The summed E-state index contributed by atoms with van der Waals surface area (Å²) in [6, 6.07) is 10.6. The van der Waals surface area contributed by atoms with Gasteiger partial charge in [-0.15, -0.1) is 0 Å². The highest BCUT2D eigenvalue weighted by molar-refractivity contribution is 6.05. The number of aromatic nitrogens is 3. The lowest BCUT2D eigenvalue weighted by atomic mass is 10.1. The monoisotopic (exact) mass is 436 g/mol. The molecule has 0 spiro atoms. The van der Waals surface area contributed by atoms with Gasteiger partial charge in [-0.2, -0.15) is 5.10 Å². The second-order valence-corrected chi connectivity index (χ2v) is 8.81. The maximum absolute atomic E-state index is 13.1. The summed E-state index contributed by atoms with van der Waals surface area (Å²) in [5, 5.41) is 7.16. The zero-order chi connectivity index (χ0) is 22.7. The number of methoxy groups -OCH3 is 1. The summed E-state index contributed by atoms with van der Waals surface area (Å²) >= 11 is 0. The Morgan fingerprint density at radius 1 is 1.16 bits per heavy atom. The van der Waals surface area contributed by atoms with E-state index in [1.807, 2.05) is 32.9 Å². The molecular weight excluding hydrogens is 408 g/mol. The van der Waals surface area contributed by atoms with Crippen molar-refractivity contribution in [3.8, 4) is 22.9 Å². The van der Waals surface area contributed by atoms with E-state index in [9.17, 15) is 4.79 Å². The van der Waals surface area contributed by atoms with E-state index in [1.54, 1.807) is 42.4 Å². The summed E-state index contributed by atoms with van der Waals surface area (Å²) in [7, 11) is 1.57. The maximum atomic E-state index is 13.1. The van der Waals surface area contributed by atoms with Crippen molar-refractivity contribution in [1.29, 1.82) is 0 Å². The first-order valence-corrected chi connectivity index (χ1v) is 10.6. The fraction of sp³-hybridized carbons (Fsp3) is 0.375. The lowest BCUT2D eigenvalue weighted by Gasteiger charge is -2.22. The van der Waals surface area contributed by atoms with Crippen molar-refractivity contribution in [3.63, 3.8) is 0 Å². The second kappa shape index (κ2) is 8.90. The number of carbonyl (C=O) groups is 1. The van der Waals surface area contributed by atoms with Crippen LogP contribution in [0.25, 0.3) is 5.69 Å². The molecule has 0 saturated heterocycles. The molecule has 4 rings (SSSR count). The topological polar surface area (TPSA) is 87.5 Å². The van der Waals surface area contributed by atoms with Crippen LogP contribution in [0.2, 0.25) is 0 Å². The van der Waals surface area contributed by atoms with E-state index in [2.05, 4.69) is 15.4 Å². The van der Waals surface area contributed by atoms with Crippen LogP contribution < -0.4 is 19.5 Å². The third-order valence-electron chi connectivity index (χ3n) is 4.90. The molecule has 1 saturated carbocycles. The van der Waals surface area contributed by atoms with Gasteiger partial charge in [-0.1, -0.05) is 0 Å². The van der Waals surface area contributed by atoms with Gasteiger partial charge in [0.1, 0.15) is 24.0 Å². The molecule has 8 heteroatoms. The number of hydrogen-bond donors (Lipinski definition) is 1. The number of carbonyl (C=O) groups excluding carboxylic acids is 1. The maximum Gasteiger partial charge on any atom is 0.255 e. The van der Waals surface area contributed by atoms with Gasteiger partial charge in [0.25, 0.3) is 5.91 Å². The fourth-order valence-corrected chi connectivity index (χ4v) is 3.18. The first-order valence-electron chi connectivity index (χ1n) is 10.6.